The number of hydrogen-bond acceptors (Lipinski definition) is 5. The molecule has 8 heteroatoms. The van der Waals surface area contributed by atoms with Crippen molar-refractivity contribution >= 4 is 10.9 Å². The van der Waals surface area contributed by atoms with E-state index in [1.54, 1.807) is 6.07 Å². The number of benzene rings is 1. The smallest absolute Gasteiger partial charge is 0.292 e. The van der Waals surface area contributed by atoms with Crippen molar-refractivity contribution in [3.05, 3.63) is 52.3 Å². The van der Waals surface area contributed by atoms with Gasteiger partial charge in [-0.15, -0.1) is 0 Å². The van der Waals surface area contributed by atoms with E-state index in [1.165, 1.54) is 48.0 Å². The highest BCUT2D eigenvalue weighted by Crippen LogP contribution is 2.23. The number of aromatic nitrogens is 4. The number of nitrogens with zero attached hydrogens (tertiary/aromatic N) is 4. The number of aliphatic hydroxyl groups excluding tert-OH is 1. The summed E-state index contributed by atoms with van der Waals surface area (Å²) in [5.41, 5.74) is 0.404. The predicted octanol–water partition coefficient (Wildman–Crippen LogP) is 1.01. The third-order valence-electron chi connectivity index (χ3n) is 3.64. The van der Waals surface area contributed by atoms with E-state index in [0.717, 1.165) is 0 Å². The number of halogens is 1. The molecule has 23 heavy (non-hydrogen) atoms. The van der Waals surface area contributed by atoms with Gasteiger partial charge in [-0.25, -0.2) is 9.07 Å². The fourth-order valence-electron chi connectivity index (χ4n) is 2.38. The minimum atomic E-state index is -1.02. The quantitative estimate of drug-likeness (QED) is 0.776. The van der Waals surface area contributed by atoms with E-state index in [4.69, 9.17) is 4.74 Å². The Hall–Kier alpha value is -2.74. The molecule has 0 bridgehead atoms. The van der Waals surface area contributed by atoms with E-state index in [9.17, 15) is 14.3 Å². The summed E-state index contributed by atoms with van der Waals surface area (Å²) in [6.07, 6.45) is 2.02. The van der Waals surface area contributed by atoms with Crippen LogP contribution in [0.5, 0.6) is 5.75 Å². The topological polar surface area (TPSA) is 82.2 Å². The van der Waals surface area contributed by atoms with Crippen LogP contribution in [-0.4, -0.2) is 31.8 Å². The van der Waals surface area contributed by atoms with Crippen molar-refractivity contribution in [3.8, 4) is 5.75 Å². The van der Waals surface area contributed by atoms with Gasteiger partial charge in [0.2, 0.25) is 0 Å². The molecule has 1 atom stereocenters. The van der Waals surface area contributed by atoms with Crippen molar-refractivity contribution in [1.82, 2.24) is 19.6 Å². The average Bonchev–Trinajstić information content (AvgIpc) is 2.94. The van der Waals surface area contributed by atoms with Crippen molar-refractivity contribution in [2.75, 3.05) is 7.11 Å². The minimum absolute atomic E-state index is 0.0223. The van der Waals surface area contributed by atoms with E-state index < -0.39 is 11.9 Å². The van der Waals surface area contributed by atoms with Crippen molar-refractivity contribution in [1.29, 1.82) is 0 Å². The number of aliphatic hydroxyl groups is 1. The molecule has 0 fully saturated rings. The predicted molar refractivity (Wildman–Crippen MR) is 80.7 cm³/mol. The van der Waals surface area contributed by atoms with Crippen LogP contribution in [0.2, 0.25) is 0 Å². The minimum Gasteiger partial charge on any atom is -0.494 e. The molecule has 1 unspecified atom stereocenters. The summed E-state index contributed by atoms with van der Waals surface area (Å²) in [6, 6.07) is 4.21. The number of hydrogen-bond donors (Lipinski definition) is 1. The van der Waals surface area contributed by atoms with Crippen LogP contribution in [0.1, 0.15) is 11.7 Å². The fraction of sp³-hybridized carbons (Fsp3) is 0.267. The zero-order chi connectivity index (χ0) is 16.6. The Bertz CT molecular complexity index is 919. The summed E-state index contributed by atoms with van der Waals surface area (Å²) < 4.78 is 21.2. The summed E-state index contributed by atoms with van der Waals surface area (Å²) in [5.74, 6) is -0.458. The average molecular weight is 318 g/mol. The maximum atomic E-state index is 13.7. The summed E-state index contributed by atoms with van der Waals surface area (Å²) in [6.45, 7) is 0.0223. The lowest BCUT2D eigenvalue weighted by atomic mass is 10.1. The van der Waals surface area contributed by atoms with Gasteiger partial charge < -0.3 is 9.84 Å². The molecule has 0 radical (unpaired) electrons. The third-order valence-corrected chi connectivity index (χ3v) is 3.64. The first-order valence-electron chi connectivity index (χ1n) is 6.90. The molecule has 0 aliphatic heterocycles. The molecule has 3 rings (SSSR count). The van der Waals surface area contributed by atoms with Crippen LogP contribution in [-0.2, 0) is 13.6 Å². The van der Waals surface area contributed by atoms with Gasteiger partial charge in [0.25, 0.3) is 5.56 Å². The standard InChI is InChI=1S/C15H15FN4O3/c1-19-15(22)14-10(6-17-19)7-18-20(14)8-12(21)9-3-4-13(23-2)11(16)5-9/h3-7,12,21H,8H2,1-2H3. The Kier molecular flexibility index (Phi) is 3.83. The van der Waals surface area contributed by atoms with Crippen LogP contribution in [0.15, 0.2) is 35.4 Å². The summed E-state index contributed by atoms with van der Waals surface area (Å²) >= 11 is 0. The van der Waals surface area contributed by atoms with Gasteiger partial charge in [0.1, 0.15) is 5.52 Å². The highest BCUT2D eigenvalue weighted by atomic mass is 19.1. The highest BCUT2D eigenvalue weighted by molar-refractivity contribution is 5.76. The number of ether oxygens (including phenoxy) is 1. The second kappa shape index (κ2) is 5.81. The van der Waals surface area contributed by atoms with E-state index in [-0.39, 0.29) is 17.9 Å². The molecular formula is C15H15FN4O3. The van der Waals surface area contributed by atoms with Crippen molar-refractivity contribution in [2.24, 2.45) is 7.05 Å². The van der Waals surface area contributed by atoms with Crippen LogP contribution < -0.4 is 10.3 Å². The monoisotopic (exact) mass is 318 g/mol. The van der Waals surface area contributed by atoms with E-state index in [2.05, 4.69) is 10.2 Å². The molecule has 3 aromatic rings. The SMILES string of the molecule is COc1ccc(C(O)Cn2ncc3cnn(C)c(=O)c32)cc1F. The molecule has 1 N–H and O–H groups in total. The molecule has 2 heterocycles. The summed E-state index contributed by atoms with van der Waals surface area (Å²) in [4.78, 5) is 12.1. The lowest BCUT2D eigenvalue weighted by molar-refractivity contribution is 0.152. The van der Waals surface area contributed by atoms with Gasteiger partial charge in [0.05, 0.1) is 32.2 Å². The van der Waals surface area contributed by atoms with Gasteiger partial charge >= 0.3 is 0 Å². The van der Waals surface area contributed by atoms with Crippen LogP contribution in [0.25, 0.3) is 10.9 Å². The third kappa shape index (κ3) is 2.68. The number of aryl methyl sites for hydroxylation is 1. The lowest BCUT2D eigenvalue weighted by Crippen LogP contribution is -2.22. The molecule has 0 spiro atoms. The van der Waals surface area contributed by atoms with Gasteiger partial charge in [-0.05, 0) is 17.7 Å². The van der Waals surface area contributed by atoms with Crippen molar-refractivity contribution in [3.63, 3.8) is 0 Å². The second-order valence-corrected chi connectivity index (χ2v) is 5.11. The van der Waals surface area contributed by atoms with Crippen molar-refractivity contribution < 1.29 is 14.2 Å². The molecule has 7 nitrogen and oxygen atoms in total. The van der Waals surface area contributed by atoms with Crippen LogP contribution in [0, 0.1) is 5.82 Å². The largest absolute Gasteiger partial charge is 0.494 e. The Morgan fingerprint density at radius 1 is 1.35 bits per heavy atom. The van der Waals surface area contributed by atoms with Crippen LogP contribution >= 0.6 is 0 Å². The number of rotatable bonds is 4. The molecule has 1 aromatic carbocycles. The number of methoxy groups -OCH3 is 1. The molecule has 0 aliphatic carbocycles. The van der Waals surface area contributed by atoms with Crippen LogP contribution in [0.4, 0.5) is 4.39 Å². The first-order valence-corrected chi connectivity index (χ1v) is 6.90. The molecule has 0 saturated carbocycles. The van der Waals surface area contributed by atoms with E-state index in [1.807, 2.05) is 0 Å². The Balaban J connectivity index is 1.94. The van der Waals surface area contributed by atoms with Gasteiger partial charge in [0, 0.05) is 12.4 Å². The Morgan fingerprint density at radius 2 is 2.09 bits per heavy atom. The number of fused-ring (bicyclic) bond motifs is 1. The first kappa shape index (κ1) is 15.2. The van der Waals surface area contributed by atoms with Gasteiger partial charge in [-0.3, -0.25) is 9.48 Å². The molecule has 0 saturated heterocycles. The second-order valence-electron chi connectivity index (χ2n) is 5.11. The highest BCUT2D eigenvalue weighted by Gasteiger charge is 2.16. The lowest BCUT2D eigenvalue weighted by Gasteiger charge is -2.13. The molecule has 2 aromatic heterocycles. The molecule has 0 amide bonds. The molecule has 120 valence electrons. The van der Waals surface area contributed by atoms with E-state index >= 15 is 0 Å². The molecular weight excluding hydrogens is 303 g/mol. The normalized spacial score (nSPS) is 12.5. The van der Waals surface area contributed by atoms with Crippen molar-refractivity contribution in [2.45, 2.75) is 12.6 Å². The summed E-state index contributed by atoms with van der Waals surface area (Å²) in [5, 5.41) is 18.9. The first-order chi connectivity index (χ1) is 11.0. The Labute approximate surface area is 130 Å². The zero-order valence-electron chi connectivity index (χ0n) is 12.6. The van der Waals surface area contributed by atoms with Crippen LogP contribution in [0.3, 0.4) is 0 Å². The van der Waals surface area contributed by atoms with Gasteiger partial charge in [0.15, 0.2) is 11.6 Å². The maximum absolute atomic E-state index is 13.7. The Morgan fingerprint density at radius 3 is 2.78 bits per heavy atom. The zero-order valence-corrected chi connectivity index (χ0v) is 12.6. The fourth-order valence-corrected chi connectivity index (χ4v) is 2.38. The summed E-state index contributed by atoms with van der Waals surface area (Å²) in [7, 11) is 2.91. The maximum Gasteiger partial charge on any atom is 0.292 e. The van der Waals surface area contributed by atoms with E-state index in [0.29, 0.717) is 16.5 Å². The van der Waals surface area contributed by atoms with Gasteiger partial charge in [-0.2, -0.15) is 10.2 Å². The molecule has 0 aliphatic rings. The van der Waals surface area contributed by atoms with Gasteiger partial charge in [-0.1, -0.05) is 6.07 Å².